The monoisotopic (exact) mass is 277 g/mol. The van der Waals surface area contributed by atoms with Crippen molar-refractivity contribution in [1.29, 1.82) is 0 Å². The second-order valence-corrected chi connectivity index (χ2v) is 4.73. The fraction of sp³-hybridized carbons (Fsp3) is 0.500. The van der Waals surface area contributed by atoms with Gasteiger partial charge in [0.05, 0.1) is 12.2 Å². The van der Waals surface area contributed by atoms with Gasteiger partial charge in [-0.05, 0) is 25.1 Å². The summed E-state index contributed by atoms with van der Waals surface area (Å²) in [4.78, 5) is 0. The second-order valence-electron chi connectivity index (χ2n) is 3.89. The number of aliphatic hydroxyl groups excluding tert-OH is 1. The molecule has 0 radical (unpaired) electrons. The number of methoxy groups -OCH3 is 1. The Kier molecular flexibility index (Phi) is 6.23. The number of halogens is 2. The van der Waals surface area contributed by atoms with Crippen molar-refractivity contribution in [1.82, 2.24) is 5.32 Å². The van der Waals surface area contributed by atoms with E-state index in [1.165, 1.54) is 0 Å². The van der Waals surface area contributed by atoms with Gasteiger partial charge < -0.3 is 15.2 Å². The van der Waals surface area contributed by atoms with Gasteiger partial charge in [-0.25, -0.2) is 0 Å². The summed E-state index contributed by atoms with van der Waals surface area (Å²) in [6, 6.07) is 5.05. The first-order valence-corrected chi connectivity index (χ1v) is 6.16. The average molecular weight is 278 g/mol. The molecule has 2 atom stereocenters. The molecule has 2 unspecified atom stereocenters. The maximum Gasteiger partial charge on any atom is 0.0929 e. The molecule has 0 aliphatic heterocycles. The van der Waals surface area contributed by atoms with E-state index in [2.05, 4.69) is 5.32 Å². The normalized spacial score (nSPS) is 14.6. The Labute approximate surface area is 112 Å². The Morgan fingerprint density at radius 2 is 2.06 bits per heavy atom. The molecule has 1 rings (SSSR count). The molecule has 1 aromatic rings. The van der Waals surface area contributed by atoms with Gasteiger partial charge in [-0.1, -0.05) is 23.2 Å². The predicted molar refractivity (Wildman–Crippen MR) is 70.8 cm³/mol. The van der Waals surface area contributed by atoms with Gasteiger partial charge >= 0.3 is 0 Å². The van der Waals surface area contributed by atoms with Crippen LogP contribution in [0.1, 0.15) is 18.6 Å². The molecule has 0 aromatic heterocycles. The first kappa shape index (κ1) is 14.7. The summed E-state index contributed by atoms with van der Waals surface area (Å²) in [7, 11) is 1.65. The van der Waals surface area contributed by atoms with E-state index in [1.807, 2.05) is 6.92 Å². The third-order valence-electron chi connectivity index (χ3n) is 2.49. The molecule has 3 nitrogen and oxygen atoms in total. The van der Waals surface area contributed by atoms with Gasteiger partial charge in [-0.2, -0.15) is 0 Å². The lowest BCUT2D eigenvalue weighted by Crippen LogP contribution is -2.29. The molecule has 0 spiro atoms. The number of nitrogens with one attached hydrogen (secondary N) is 1. The van der Waals surface area contributed by atoms with Crippen molar-refractivity contribution in [2.75, 3.05) is 20.2 Å². The summed E-state index contributed by atoms with van der Waals surface area (Å²) < 4.78 is 5.09. The standard InChI is InChI=1S/C12H17Cl2NO2/c1-8(17-2)6-15-7-12(16)10-5-9(13)3-4-11(10)14/h3-5,8,12,15-16H,6-7H2,1-2H3. The van der Waals surface area contributed by atoms with E-state index in [1.54, 1.807) is 25.3 Å². The SMILES string of the molecule is COC(C)CNCC(O)c1cc(Cl)ccc1Cl. The Hall–Kier alpha value is -0.320. The van der Waals surface area contributed by atoms with E-state index < -0.39 is 6.10 Å². The average Bonchev–Trinajstić information content (AvgIpc) is 2.31. The highest BCUT2D eigenvalue weighted by molar-refractivity contribution is 6.33. The maximum absolute atomic E-state index is 9.96. The van der Waals surface area contributed by atoms with Crippen LogP contribution in [0, 0.1) is 0 Å². The van der Waals surface area contributed by atoms with Crippen molar-refractivity contribution < 1.29 is 9.84 Å². The molecule has 0 aliphatic rings. The van der Waals surface area contributed by atoms with Crippen molar-refractivity contribution in [2.24, 2.45) is 0 Å². The van der Waals surface area contributed by atoms with Gasteiger partial charge in [0.1, 0.15) is 0 Å². The summed E-state index contributed by atoms with van der Waals surface area (Å²) in [5.41, 5.74) is 0.636. The van der Waals surface area contributed by atoms with Crippen LogP contribution in [0.5, 0.6) is 0 Å². The fourth-order valence-electron chi connectivity index (χ4n) is 1.39. The second kappa shape index (κ2) is 7.19. The third-order valence-corrected chi connectivity index (χ3v) is 3.07. The number of rotatable bonds is 6. The van der Waals surface area contributed by atoms with E-state index in [4.69, 9.17) is 27.9 Å². The molecular formula is C12H17Cl2NO2. The minimum atomic E-state index is -0.676. The lowest BCUT2D eigenvalue weighted by atomic mass is 10.1. The molecule has 96 valence electrons. The van der Waals surface area contributed by atoms with Gasteiger partial charge in [0.25, 0.3) is 0 Å². The molecule has 17 heavy (non-hydrogen) atoms. The Bertz CT molecular complexity index is 360. The molecule has 0 saturated heterocycles. The van der Waals surface area contributed by atoms with Crippen molar-refractivity contribution in [3.63, 3.8) is 0 Å². The van der Waals surface area contributed by atoms with Gasteiger partial charge in [-0.3, -0.25) is 0 Å². The topological polar surface area (TPSA) is 41.5 Å². The Morgan fingerprint density at radius 1 is 1.35 bits per heavy atom. The quantitative estimate of drug-likeness (QED) is 0.840. The molecule has 0 amide bonds. The number of aliphatic hydroxyl groups is 1. The van der Waals surface area contributed by atoms with Crippen LogP contribution in [0.15, 0.2) is 18.2 Å². The third kappa shape index (κ3) is 4.82. The number of benzene rings is 1. The van der Waals surface area contributed by atoms with Crippen LogP contribution in [-0.2, 0) is 4.74 Å². The largest absolute Gasteiger partial charge is 0.387 e. The zero-order valence-corrected chi connectivity index (χ0v) is 11.4. The Morgan fingerprint density at radius 3 is 2.71 bits per heavy atom. The summed E-state index contributed by atoms with van der Waals surface area (Å²) in [5.74, 6) is 0. The summed E-state index contributed by atoms with van der Waals surface area (Å²) in [5, 5.41) is 14.2. The molecule has 0 bridgehead atoms. The van der Waals surface area contributed by atoms with Crippen molar-refractivity contribution >= 4 is 23.2 Å². The van der Waals surface area contributed by atoms with Crippen molar-refractivity contribution in [2.45, 2.75) is 19.1 Å². The fourth-order valence-corrected chi connectivity index (χ4v) is 1.81. The Balaban J connectivity index is 2.52. The first-order valence-electron chi connectivity index (χ1n) is 5.41. The summed E-state index contributed by atoms with van der Waals surface area (Å²) in [6.07, 6.45) is -0.567. The highest BCUT2D eigenvalue weighted by Crippen LogP contribution is 2.25. The predicted octanol–water partition coefficient (Wildman–Crippen LogP) is 2.65. The molecule has 5 heteroatoms. The van der Waals surface area contributed by atoms with Crippen molar-refractivity contribution in [3.8, 4) is 0 Å². The lowest BCUT2D eigenvalue weighted by Gasteiger charge is -2.16. The first-order chi connectivity index (χ1) is 8.04. The molecule has 0 aliphatic carbocycles. The van der Waals surface area contributed by atoms with Gasteiger partial charge in [0, 0.05) is 35.8 Å². The van der Waals surface area contributed by atoms with Crippen LogP contribution >= 0.6 is 23.2 Å². The van der Waals surface area contributed by atoms with E-state index in [0.717, 1.165) is 0 Å². The molecule has 0 fully saturated rings. The smallest absolute Gasteiger partial charge is 0.0929 e. The minimum Gasteiger partial charge on any atom is -0.387 e. The van der Waals surface area contributed by atoms with E-state index in [9.17, 15) is 5.11 Å². The van der Waals surface area contributed by atoms with Crippen LogP contribution in [0.4, 0.5) is 0 Å². The van der Waals surface area contributed by atoms with Gasteiger partial charge in [-0.15, -0.1) is 0 Å². The molecule has 0 heterocycles. The summed E-state index contributed by atoms with van der Waals surface area (Å²) in [6.45, 7) is 3.03. The van der Waals surface area contributed by atoms with Crippen LogP contribution in [0.25, 0.3) is 0 Å². The van der Waals surface area contributed by atoms with E-state index in [-0.39, 0.29) is 6.10 Å². The highest BCUT2D eigenvalue weighted by Gasteiger charge is 2.12. The lowest BCUT2D eigenvalue weighted by molar-refractivity contribution is 0.109. The van der Waals surface area contributed by atoms with Crippen LogP contribution in [0.2, 0.25) is 10.0 Å². The molecule has 0 saturated carbocycles. The molecule has 1 aromatic carbocycles. The van der Waals surface area contributed by atoms with Crippen LogP contribution < -0.4 is 5.32 Å². The van der Waals surface area contributed by atoms with Crippen molar-refractivity contribution in [3.05, 3.63) is 33.8 Å². The number of hydrogen-bond donors (Lipinski definition) is 2. The van der Waals surface area contributed by atoms with Gasteiger partial charge in [0.15, 0.2) is 0 Å². The number of hydrogen-bond acceptors (Lipinski definition) is 3. The van der Waals surface area contributed by atoms with Crippen LogP contribution in [-0.4, -0.2) is 31.4 Å². The molecular weight excluding hydrogens is 261 g/mol. The molecule has 2 N–H and O–H groups in total. The minimum absolute atomic E-state index is 0.108. The summed E-state index contributed by atoms with van der Waals surface area (Å²) >= 11 is 11.8. The van der Waals surface area contributed by atoms with Crippen LogP contribution in [0.3, 0.4) is 0 Å². The zero-order valence-electron chi connectivity index (χ0n) is 9.91. The van der Waals surface area contributed by atoms with E-state index in [0.29, 0.717) is 28.7 Å². The zero-order chi connectivity index (χ0) is 12.8. The van der Waals surface area contributed by atoms with E-state index >= 15 is 0 Å². The highest BCUT2D eigenvalue weighted by atomic mass is 35.5. The maximum atomic E-state index is 9.96. The van der Waals surface area contributed by atoms with Gasteiger partial charge in [0.2, 0.25) is 0 Å². The number of ether oxygens (including phenoxy) is 1.